The van der Waals surface area contributed by atoms with Gasteiger partial charge in [0.25, 0.3) is 0 Å². The van der Waals surface area contributed by atoms with Crippen molar-refractivity contribution in [3.05, 3.63) is 48.0 Å². The molecule has 0 amide bonds. The van der Waals surface area contributed by atoms with Gasteiger partial charge in [-0.3, -0.25) is 4.79 Å². The van der Waals surface area contributed by atoms with E-state index in [1.165, 1.54) is 18.4 Å². The Morgan fingerprint density at radius 2 is 1.92 bits per heavy atom. The lowest BCUT2D eigenvalue weighted by Crippen LogP contribution is -2.36. The third kappa shape index (κ3) is 6.07. The number of rotatable bonds is 7. The molecule has 1 heterocycles. The molecule has 0 aromatic heterocycles. The van der Waals surface area contributed by atoms with Crippen molar-refractivity contribution in [1.29, 1.82) is 0 Å². The number of carbonyl (C=O) groups is 1. The Morgan fingerprint density at radius 1 is 1.15 bits per heavy atom. The minimum absolute atomic E-state index is 0.0191. The summed E-state index contributed by atoms with van der Waals surface area (Å²) in [6, 6.07) is 10.7. The summed E-state index contributed by atoms with van der Waals surface area (Å²) < 4.78 is 7.59. The molecule has 5 heteroatoms. The predicted molar refractivity (Wildman–Crippen MR) is 112 cm³/mol. The third-order valence-corrected chi connectivity index (χ3v) is 7.49. The molecule has 3 rings (SSSR count). The summed E-state index contributed by atoms with van der Waals surface area (Å²) in [6.45, 7) is 4.28. The summed E-state index contributed by atoms with van der Waals surface area (Å²) in [5.74, 6) is 1.12. The molecule has 3 atom stereocenters. The SMILES string of the molecule is CCOC(=O)C1CCCN(SC2C=CC(SCc3ccccc3)CC2)C1. The van der Waals surface area contributed by atoms with Gasteiger partial charge in [0.2, 0.25) is 0 Å². The number of ether oxygens (including phenoxy) is 1. The molecule has 0 N–H and O–H groups in total. The van der Waals surface area contributed by atoms with Crippen molar-refractivity contribution in [2.45, 2.75) is 48.9 Å². The van der Waals surface area contributed by atoms with Gasteiger partial charge in [0, 0.05) is 29.3 Å². The molecule has 0 spiro atoms. The fourth-order valence-corrected chi connectivity index (χ4v) is 5.84. The second-order valence-electron chi connectivity index (χ2n) is 6.92. The van der Waals surface area contributed by atoms with Crippen LogP contribution in [0.5, 0.6) is 0 Å². The maximum Gasteiger partial charge on any atom is 0.310 e. The van der Waals surface area contributed by atoms with Crippen LogP contribution in [-0.2, 0) is 15.3 Å². The maximum absolute atomic E-state index is 12.0. The molecule has 0 bridgehead atoms. The first-order valence-electron chi connectivity index (χ1n) is 9.67. The van der Waals surface area contributed by atoms with Crippen molar-refractivity contribution in [3.63, 3.8) is 0 Å². The number of benzene rings is 1. The van der Waals surface area contributed by atoms with Crippen LogP contribution in [0.2, 0.25) is 0 Å². The number of hydrogen-bond donors (Lipinski definition) is 0. The van der Waals surface area contributed by atoms with E-state index in [1.54, 1.807) is 0 Å². The largest absolute Gasteiger partial charge is 0.466 e. The molecule has 1 fully saturated rings. The van der Waals surface area contributed by atoms with Crippen LogP contribution >= 0.6 is 23.7 Å². The first kappa shape index (κ1) is 19.8. The topological polar surface area (TPSA) is 29.5 Å². The molecule has 1 saturated heterocycles. The van der Waals surface area contributed by atoms with Gasteiger partial charge < -0.3 is 4.74 Å². The zero-order valence-electron chi connectivity index (χ0n) is 15.5. The number of piperidine rings is 1. The zero-order chi connectivity index (χ0) is 18.2. The number of thioether (sulfide) groups is 1. The van der Waals surface area contributed by atoms with E-state index < -0.39 is 0 Å². The number of carbonyl (C=O) groups excluding carboxylic acids is 1. The highest BCUT2D eigenvalue weighted by atomic mass is 32.2. The molecule has 3 nitrogen and oxygen atoms in total. The van der Waals surface area contributed by atoms with Crippen molar-refractivity contribution in [3.8, 4) is 0 Å². The lowest BCUT2D eigenvalue weighted by atomic mass is 10.0. The summed E-state index contributed by atoms with van der Waals surface area (Å²) >= 11 is 3.96. The van der Waals surface area contributed by atoms with Gasteiger partial charge in [-0.15, -0.1) is 11.8 Å². The first-order valence-corrected chi connectivity index (χ1v) is 11.6. The first-order chi connectivity index (χ1) is 12.7. The van der Waals surface area contributed by atoms with E-state index in [1.807, 2.05) is 30.6 Å². The Bertz CT molecular complexity index is 593. The van der Waals surface area contributed by atoms with Crippen molar-refractivity contribution in [1.82, 2.24) is 4.31 Å². The van der Waals surface area contributed by atoms with Crippen molar-refractivity contribution in [2.24, 2.45) is 5.92 Å². The summed E-state index contributed by atoms with van der Waals surface area (Å²) in [5.41, 5.74) is 1.40. The zero-order valence-corrected chi connectivity index (χ0v) is 17.1. The average molecular weight is 392 g/mol. The van der Waals surface area contributed by atoms with Gasteiger partial charge in [0.1, 0.15) is 0 Å². The van der Waals surface area contributed by atoms with Gasteiger partial charge in [0.05, 0.1) is 12.5 Å². The summed E-state index contributed by atoms with van der Waals surface area (Å²) in [6.07, 6.45) is 9.28. The smallest absolute Gasteiger partial charge is 0.310 e. The van der Waals surface area contributed by atoms with Crippen molar-refractivity contribution in [2.75, 3.05) is 19.7 Å². The van der Waals surface area contributed by atoms with Crippen LogP contribution in [0.15, 0.2) is 42.5 Å². The molecule has 1 aliphatic carbocycles. The second-order valence-corrected chi connectivity index (χ2v) is 9.48. The van der Waals surface area contributed by atoms with Crippen LogP contribution in [0.3, 0.4) is 0 Å². The van der Waals surface area contributed by atoms with Gasteiger partial charge in [-0.1, -0.05) is 54.4 Å². The van der Waals surface area contributed by atoms with Crippen LogP contribution in [0.1, 0.15) is 38.2 Å². The van der Waals surface area contributed by atoms with Crippen molar-refractivity contribution < 1.29 is 9.53 Å². The molecule has 1 aromatic rings. The highest BCUT2D eigenvalue weighted by Gasteiger charge is 2.29. The van der Waals surface area contributed by atoms with Gasteiger partial charge >= 0.3 is 5.97 Å². The van der Waals surface area contributed by atoms with Gasteiger partial charge in [0.15, 0.2) is 0 Å². The van der Waals surface area contributed by atoms with Crippen molar-refractivity contribution >= 4 is 29.7 Å². The molecule has 142 valence electrons. The molecule has 1 aromatic carbocycles. The van der Waals surface area contributed by atoms with E-state index in [0.717, 1.165) is 31.7 Å². The van der Waals surface area contributed by atoms with Gasteiger partial charge in [-0.2, -0.15) is 0 Å². The van der Waals surface area contributed by atoms with E-state index in [0.29, 0.717) is 17.1 Å². The molecular weight excluding hydrogens is 362 g/mol. The minimum atomic E-state index is -0.0191. The Hall–Kier alpha value is -0.910. The highest BCUT2D eigenvalue weighted by Crippen LogP contribution is 2.34. The second kappa shape index (κ2) is 10.4. The van der Waals surface area contributed by atoms with Crippen LogP contribution in [-0.4, -0.2) is 40.5 Å². The maximum atomic E-state index is 12.0. The predicted octanol–water partition coefficient (Wildman–Crippen LogP) is 4.93. The van der Waals surface area contributed by atoms with E-state index in [4.69, 9.17) is 4.74 Å². The Labute approximate surface area is 166 Å². The fourth-order valence-electron chi connectivity index (χ4n) is 3.46. The summed E-state index contributed by atoms with van der Waals surface area (Å²) in [5, 5.41) is 1.17. The molecule has 2 aliphatic rings. The molecule has 3 unspecified atom stereocenters. The molecule has 26 heavy (non-hydrogen) atoms. The van der Waals surface area contributed by atoms with E-state index >= 15 is 0 Å². The molecule has 0 saturated carbocycles. The van der Waals surface area contributed by atoms with E-state index in [-0.39, 0.29) is 11.9 Å². The number of hydrogen-bond acceptors (Lipinski definition) is 5. The van der Waals surface area contributed by atoms with Crippen LogP contribution < -0.4 is 0 Å². The van der Waals surface area contributed by atoms with Gasteiger partial charge in [-0.25, -0.2) is 4.31 Å². The normalized spacial score (nSPS) is 26.6. The lowest BCUT2D eigenvalue weighted by Gasteiger charge is -2.33. The van der Waals surface area contributed by atoms with Gasteiger partial charge in [-0.05, 0) is 38.2 Å². The fraction of sp³-hybridized carbons (Fsp3) is 0.571. The standard InChI is InChI=1S/C21H29NO2S2/c1-2-24-21(23)18-9-6-14-22(15-18)26-20-12-10-19(11-13-20)25-16-17-7-4-3-5-8-17/h3-5,7-8,10,12,18-20H,2,6,9,11,13-16H2,1H3. The Morgan fingerprint density at radius 3 is 2.65 bits per heavy atom. The molecular formula is C21H29NO2S2. The Balaban J connectivity index is 1.41. The van der Waals surface area contributed by atoms with Crippen LogP contribution in [0, 0.1) is 5.92 Å². The minimum Gasteiger partial charge on any atom is -0.466 e. The molecule has 0 radical (unpaired) electrons. The average Bonchev–Trinajstić information content (AvgIpc) is 2.69. The number of esters is 1. The lowest BCUT2D eigenvalue weighted by molar-refractivity contribution is -0.149. The van der Waals surface area contributed by atoms with Crippen LogP contribution in [0.4, 0.5) is 0 Å². The van der Waals surface area contributed by atoms with E-state index in [9.17, 15) is 4.79 Å². The Kier molecular flexibility index (Phi) is 7.96. The molecule has 1 aliphatic heterocycles. The summed E-state index contributed by atoms with van der Waals surface area (Å²) in [4.78, 5) is 12.0. The number of nitrogens with zero attached hydrogens (tertiary/aromatic N) is 1. The van der Waals surface area contributed by atoms with Crippen LogP contribution in [0.25, 0.3) is 0 Å². The highest BCUT2D eigenvalue weighted by molar-refractivity contribution is 7.99. The summed E-state index contributed by atoms with van der Waals surface area (Å²) in [7, 11) is 0. The quantitative estimate of drug-likeness (QED) is 0.373. The van der Waals surface area contributed by atoms with E-state index in [2.05, 4.69) is 46.8 Å². The monoisotopic (exact) mass is 391 g/mol. The third-order valence-electron chi connectivity index (χ3n) is 4.87.